The van der Waals surface area contributed by atoms with E-state index in [-0.39, 0.29) is 0 Å². The number of nitrogens with zero attached hydrogens (tertiary/aromatic N) is 2. The highest BCUT2D eigenvalue weighted by Crippen LogP contribution is 2.27. The Morgan fingerprint density at radius 1 is 1.00 bits per heavy atom. The predicted molar refractivity (Wildman–Crippen MR) is 77.9 cm³/mol. The molecular weight excluding hydrogens is 328 g/mol. The zero-order valence-electron chi connectivity index (χ0n) is 9.68. The fourth-order valence-electron chi connectivity index (χ4n) is 1.69. The molecule has 1 aromatic heterocycles. The van der Waals surface area contributed by atoms with Gasteiger partial charge < -0.3 is 4.52 Å². The Kier molecular flexibility index (Phi) is 3.36. The van der Waals surface area contributed by atoms with Crippen molar-refractivity contribution in [1.82, 2.24) is 10.1 Å². The maximum Gasteiger partial charge on any atom is 0.258 e. The van der Waals surface area contributed by atoms with Crippen LogP contribution in [0.4, 0.5) is 0 Å². The summed E-state index contributed by atoms with van der Waals surface area (Å²) in [5.41, 5.74) is 1.63. The van der Waals surface area contributed by atoms with E-state index >= 15 is 0 Å². The zero-order chi connectivity index (χ0) is 13.2. The maximum absolute atomic E-state index is 6.11. The van der Waals surface area contributed by atoms with Crippen molar-refractivity contribution in [3.63, 3.8) is 0 Å². The van der Waals surface area contributed by atoms with Crippen molar-refractivity contribution >= 4 is 27.5 Å². The molecule has 0 amide bonds. The van der Waals surface area contributed by atoms with Crippen LogP contribution in [0.15, 0.2) is 57.5 Å². The van der Waals surface area contributed by atoms with Crippen LogP contribution in [0.3, 0.4) is 0 Å². The second-order valence-corrected chi connectivity index (χ2v) is 5.23. The molecule has 94 valence electrons. The summed E-state index contributed by atoms with van der Waals surface area (Å²) in [7, 11) is 0. The van der Waals surface area contributed by atoms with E-state index in [1.54, 1.807) is 6.07 Å². The third-order valence-electron chi connectivity index (χ3n) is 2.63. The molecule has 0 aliphatic heterocycles. The number of hydrogen-bond acceptors (Lipinski definition) is 3. The largest absolute Gasteiger partial charge is 0.334 e. The van der Waals surface area contributed by atoms with Crippen molar-refractivity contribution in [1.29, 1.82) is 0 Å². The van der Waals surface area contributed by atoms with Crippen LogP contribution in [-0.4, -0.2) is 10.1 Å². The summed E-state index contributed by atoms with van der Waals surface area (Å²) < 4.78 is 6.27. The maximum atomic E-state index is 6.11. The van der Waals surface area contributed by atoms with Crippen LogP contribution in [0.2, 0.25) is 5.02 Å². The molecule has 0 spiro atoms. The molecule has 1 heterocycles. The minimum Gasteiger partial charge on any atom is -0.334 e. The summed E-state index contributed by atoms with van der Waals surface area (Å²) >= 11 is 9.49. The first-order valence-corrected chi connectivity index (χ1v) is 6.76. The predicted octanol–water partition coefficient (Wildman–Crippen LogP) is 4.82. The van der Waals surface area contributed by atoms with Crippen LogP contribution in [0.1, 0.15) is 0 Å². The van der Waals surface area contributed by atoms with Crippen molar-refractivity contribution in [2.45, 2.75) is 0 Å². The average Bonchev–Trinajstić information content (AvgIpc) is 2.89. The zero-order valence-corrected chi connectivity index (χ0v) is 12.0. The summed E-state index contributed by atoms with van der Waals surface area (Å²) in [6, 6.07) is 15.1. The lowest BCUT2D eigenvalue weighted by molar-refractivity contribution is 0.432. The standard InChI is InChI=1S/C14H8BrClN2O/c15-10-7-5-9(6-8-10)14-17-13(18-19-14)11-3-1-2-4-12(11)16/h1-8H. The van der Waals surface area contributed by atoms with Gasteiger partial charge in [0.2, 0.25) is 5.82 Å². The Hall–Kier alpha value is -1.65. The van der Waals surface area contributed by atoms with Gasteiger partial charge in [0.05, 0.1) is 5.02 Å². The fraction of sp³-hybridized carbons (Fsp3) is 0. The summed E-state index contributed by atoms with van der Waals surface area (Å²) in [6.45, 7) is 0. The normalized spacial score (nSPS) is 10.6. The van der Waals surface area contributed by atoms with Gasteiger partial charge in [-0.05, 0) is 36.4 Å². The van der Waals surface area contributed by atoms with Crippen LogP contribution in [-0.2, 0) is 0 Å². The molecule has 0 radical (unpaired) electrons. The monoisotopic (exact) mass is 334 g/mol. The molecule has 0 aliphatic rings. The minimum atomic E-state index is 0.474. The molecule has 0 saturated carbocycles. The summed E-state index contributed by atoms with van der Waals surface area (Å²) in [5.74, 6) is 0.964. The summed E-state index contributed by atoms with van der Waals surface area (Å²) in [6.07, 6.45) is 0. The van der Waals surface area contributed by atoms with Crippen LogP contribution < -0.4 is 0 Å². The van der Waals surface area contributed by atoms with Crippen molar-refractivity contribution in [2.75, 3.05) is 0 Å². The number of benzene rings is 2. The van der Waals surface area contributed by atoms with Gasteiger partial charge in [0, 0.05) is 15.6 Å². The number of hydrogen-bond donors (Lipinski definition) is 0. The molecule has 0 unspecified atom stereocenters. The van der Waals surface area contributed by atoms with Gasteiger partial charge in [0.1, 0.15) is 0 Å². The highest BCUT2D eigenvalue weighted by atomic mass is 79.9. The lowest BCUT2D eigenvalue weighted by atomic mass is 10.2. The Morgan fingerprint density at radius 2 is 1.74 bits per heavy atom. The molecule has 0 aliphatic carbocycles. The molecule has 0 fully saturated rings. The molecule has 0 N–H and O–H groups in total. The van der Waals surface area contributed by atoms with Crippen LogP contribution >= 0.6 is 27.5 Å². The fourth-order valence-corrected chi connectivity index (χ4v) is 2.17. The Balaban J connectivity index is 2.00. The van der Waals surface area contributed by atoms with Crippen LogP contribution in [0.5, 0.6) is 0 Å². The van der Waals surface area contributed by atoms with E-state index in [9.17, 15) is 0 Å². The van der Waals surface area contributed by atoms with E-state index in [4.69, 9.17) is 16.1 Å². The van der Waals surface area contributed by atoms with Crippen molar-refractivity contribution < 1.29 is 4.52 Å². The van der Waals surface area contributed by atoms with E-state index in [0.717, 1.165) is 15.6 Å². The molecule has 3 rings (SSSR count). The van der Waals surface area contributed by atoms with Gasteiger partial charge in [-0.3, -0.25) is 0 Å². The smallest absolute Gasteiger partial charge is 0.258 e. The van der Waals surface area contributed by atoms with Gasteiger partial charge in [-0.1, -0.05) is 44.8 Å². The average molecular weight is 336 g/mol. The molecule has 19 heavy (non-hydrogen) atoms. The van der Waals surface area contributed by atoms with Gasteiger partial charge in [0.15, 0.2) is 0 Å². The molecule has 2 aromatic carbocycles. The van der Waals surface area contributed by atoms with Gasteiger partial charge in [-0.15, -0.1) is 0 Å². The minimum absolute atomic E-state index is 0.474. The molecule has 5 heteroatoms. The molecule has 3 nitrogen and oxygen atoms in total. The van der Waals surface area contributed by atoms with Crippen molar-refractivity contribution in [3.8, 4) is 22.8 Å². The molecule has 0 saturated heterocycles. The summed E-state index contributed by atoms with van der Waals surface area (Å²) in [5, 5.41) is 4.57. The van der Waals surface area contributed by atoms with Crippen LogP contribution in [0.25, 0.3) is 22.8 Å². The van der Waals surface area contributed by atoms with E-state index in [2.05, 4.69) is 26.1 Å². The quantitative estimate of drug-likeness (QED) is 0.674. The van der Waals surface area contributed by atoms with E-state index in [0.29, 0.717) is 16.7 Å². The molecular formula is C14H8BrClN2O. The number of rotatable bonds is 2. The number of aromatic nitrogens is 2. The lowest BCUT2D eigenvalue weighted by Gasteiger charge is -1.96. The van der Waals surface area contributed by atoms with E-state index < -0.39 is 0 Å². The van der Waals surface area contributed by atoms with Gasteiger partial charge in [0.25, 0.3) is 5.89 Å². The number of halogens is 2. The second kappa shape index (κ2) is 5.15. The van der Waals surface area contributed by atoms with Crippen molar-refractivity contribution in [3.05, 3.63) is 58.0 Å². The molecule has 0 bridgehead atoms. The Morgan fingerprint density at radius 3 is 2.47 bits per heavy atom. The first-order valence-electron chi connectivity index (χ1n) is 5.58. The molecule has 3 aromatic rings. The third kappa shape index (κ3) is 2.55. The Bertz CT molecular complexity index is 709. The Labute approximate surface area is 123 Å². The highest BCUT2D eigenvalue weighted by molar-refractivity contribution is 9.10. The summed E-state index contributed by atoms with van der Waals surface area (Å²) in [4.78, 5) is 4.36. The van der Waals surface area contributed by atoms with Gasteiger partial charge in [-0.25, -0.2) is 0 Å². The first-order chi connectivity index (χ1) is 9.24. The third-order valence-corrected chi connectivity index (χ3v) is 3.49. The van der Waals surface area contributed by atoms with E-state index in [1.807, 2.05) is 42.5 Å². The topological polar surface area (TPSA) is 38.9 Å². The highest BCUT2D eigenvalue weighted by Gasteiger charge is 2.12. The van der Waals surface area contributed by atoms with Crippen LogP contribution in [0, 0.1) is 0 Å². The lowest BCUT2D eigenvalue weighted by Crippen LogP contribution is -1.82. The van der Waals surface area contributed by atoms with Gasteiger partial charge >= 0.3 is 0 Å². The van der Waals surface area contributed by atoms with Gasteiger partial charge in [-0.2, -0.15) is 4.98 Å². The molecule has 0 atom stereocenters. The second-order valence-electron chi connectivity index (χ2n) is 3.91. The van der Waals surface area contributed by atoms with Crippen molar-refractivity contribution in [2.24, 2.45) is 0 Å². The first kappa shape index (κ1) is 12.4. The SMILES string of the molecule is Clc1ccccc1-c1noc(-c2ccc(Br)cc2)n1. The van der Waals surface area contributed by atoms with E-state index in [1.165, 1.54) is 0 Å².